The maximum atomic E-state index is 11.9. The summed E-state index contributed by atoms with van der Waals surface area (Å²) in [6, 6.07) is 16.8. The van der Waals surface area contributed by atoms with Crippen LogP contribution in [0.1, 0.15) is 11.5 Å². The number of aryl methyl sites for hydroxylation is 2. The third kappa shape index (κ3) is 3.63. The summed E-state index contributed by atoms with van der Waals surface area (Å²) in [6.45, 7) is 3.75. The monoisotopic (exact) mass is 322 g/mol. The summed E-state index contributed by atoms with van der Waals surface area (Å²) in [7, 11) is 0. The first-order chi connectivity index (χ1) is 11.6. The van der Waals surface area contributed by atoms with Gasteiger partial charge in [-0.05, 0) is 43.7 Å². The van der Waals surface area contributed by atoms with Crippen molar-refractivity contribution in [2.24, 2.45) is 0 Å². The number of anilines is 1. The lowest BCUT2D eigenvalue weighted by molar-refractivity contribution is -0.118. The van der Waals surface area contributed by atoms with Crippen molar-refractivity contribution < 1.29 is 14.1 Å². The Morgan fingerprint density at radius 2 is 1.79 bits per heavy atom. The van der Waals surface area contributed by atoms with Crippen molar-refractivity contribution in [1.29, 1.82) is 0 Å². The highest BCUT2D eigenvalue weighted by Crippen LogP contribution is 2.27. The maximum absolute atomic E-state index is 11.9. The summed E-state index contributed by atoms with van der Waals surface area (Å²) in [4.78, 5) is 11.9. The van der Waals surface area contributed by atoms with Crippen molar-refractivity contribution in [1.82, 2.24) is 5.16 Å². The predicted octanol–water partition coefficient (Wildman–Crippen LogP) is 3.98. The van der Waals surface area contributed by atoms with E-state index in [2.05, 4.69) is 10.5 Å². The molecule has 0 saturated carbocycles. The van der Waals surface area contributed by atoms with Crippen LogP contribution in [-0.2, 0) is 4.79 Å². The second kappa shape index (κ2) is 7.00. The Balaban J connectivity index is 1.61. The molecule has 0 aliphatic heterocycles. The smallest absolute Gasteiger partial charge is 0.262 e. The molecule has 3 aromatic rings. The van der Waals surface area contributed by atoms with Crippen LogP contribution in [0, 0.1) is 13.8 Å². The molecule has 5 heteroatoms. The standard InChI is InChI=1S/C19H18N2O3/c1-13-19(14(2)24-21-13)15-8-10-16(11-9-15)20-18(22)12-23-17-6-4-3-5-7-17/h3-11H,12H2,1-2H3,(H,20,22). The summed E-state index contributed by atoms with van der Waals surface area (Å²) < 4.78 is 10.6. The average Bonchev–Trinajstić information content (AvgIpc) is 2.93. The number of para-hydroxylation sites is 1. The van der Waals surface area contributed by atoms with Crippen LogP contribution in [0.5, 0.6) is 5.75 Å². The Kier molecular flexibility index (Phi) is 4.61. The van der Waals surface area contributed by atoms with E-state index < -0.39 is 0 Å². The van der Waals surface area contributed by atoms with Gasteiger partial charge in [0.1, 0.15) is 11.5 Å². The molecular weight excluding hydrogens is 304 g/mol. The highest BCUT2D eigenvalue weighted by Gasteiger charge is 2.11. The number of carbonyl (C=O) groups excluding carboxylic acids is 1. The van der Waals surface area contributed by atoms with E-state index in [0.29, 0.717) is 11.4 Å². The molecule has 1 aromatic heterocycles. The number of aromatic nitrogens is 1. The van der Waals surface area contributed by atoms with Crippen molar-refractivity contribution in [3.05, 3.63) is 66.1 Å². The highest BCUT2D eigenvalue weighted by molar-refractivity contribution is 5.92. The first-order valence-corrected chi connectivity index (χ1v) is 7.64. The van der Waals surface area contributed by atoms with Gasteiger partial charge >= 0.3 is 0 Å². The minimum absolute atomic E-state index is 0.0321. The average molecular weight is 322 g/mol. The largest absolute Gasteiger partial charge is 0.484 e. The van der Waals surface area contributed by atoms with E-state index in [1.807, 2.05) is 68.4 Å². The summed E-state index contributed by atoms with van der Waals surface area (Å²) >= 11 is 0. The molecule has 2 aromatic carbocycles. The molecule has 0 unspecified atom stereocenters. The summed E-state index contributed by atoms with van der Waals surface area (Å²) in [5.41, 5.74) is 3.55. The van der Waals surface area contributed by atoms with Gasteiger partial charge in [0.2, 0.25) is 0 Å². The van der Waals surface area contributed by atoms with Gasteiger partial charge in [-0.3, -0.25) is 4.79 Å². The van der Waals surface area contributed by atoms with Crippen LogP contribution in [-0.4, -0.2) is 17.7 Å². The van der Waals surface area contributed by atoms with E-state index in [9.17, 15) is 4.79 Å². The van der Waals surface area contributed by atoms with Crippen molar-refractivity contribution in [3.8, 4) is 16.9 Å². The topological polar surface area (TPSA) is 64.4 Å². The molecule has 5 nitrogen and oxygen atoms in total. The molecule has 122 valence electrons. The normalized spacial score (nSPS) is 10.4. The van der Waals surface area contributed by atoms with Crippen molar-refractivity contribution in [2.75, 3.05) is 11.9 Å². The van der Waals surface area contributed by atoms with Gasteiger partial charge < -0.3 is 14.6 Å². The number of amides is 1. The van der Waals surface area contributed by atoms with Gasteiger partial charge in [-0.15, -0.1) is 0 Å². The molecule has 1 amide bonds. The van der Waals surface area contributed by atoms with Crippen LogP contribution in [0.15, 0.2) is 59.1 Å². The highest BCUT2D eigenvalue weighted by atomic mass is 16.5. The number of ether oxygens (including phenoxy) is 1. The van der Waals surface area contributed by atoms with Gasteiger partial charge in [-0.2, -0.15) is 0 Å². The predicted molar refractivity (Wildman–Crippen MR) is 92.0 cm³/mol. The van der Waals surface area contributed by atoms with Gasteiger partial charge in [0.15, 0.2) is 6.61 Å². The fourth-order valence-corrected chi connectivity index (χ4v) is 2.48. The molecular formula is C19H18N2O3. The minimum atomic E-state index is -0.205. The molecule has 0 spiro atoms. The van der Waals surface area contributed by atoms with Gasteiger partial charge in [0, 0.05) is 11.3 Å². The second-order valence-electron chi connectivity index (χ2n) is 5.43. The zero-order chi connectivity index (χ0) is 16.9. The summed E-state index contributed by atoms with van der Waals surface area (Å²) in [5, 5.41) is 6.77. The van der Waals surface area contributed by atoms with Crippen LogP contribution in [0.3, 0.4) is 0 Å². The number of nitrogens with zero attached hydrogens (tertiary/aromatic N) is 1. The van der Waals surface area contributed by atoms with E-state index in [1.165, 1.54) is 0 Å². The summed E-state index contributed by atoms with van der Waals surface area (Å²) in [5.74, 6) is 1.24. The van der Waals surface area contributed by atoms with E-state index in [1.54, 1.807) is 0 Å². The molecule has 1 N–H and O–H groups in total. The number of benzene rings is 2. The van der Waals surface area contributed by atoms with Gasteiger partial charge in [0.05, 0.1) is 5.69 Å². The van der Waals surface area contributed by atoms with Gasteiger partial charge in [0.25, 0.3) is 5.91 Å². The molecule has 0 fully saturated rings. The molecule has 0 aliphatic carbocycles. The van der Waals surface area contributed by atoms with Gasteiger partial charge in [-0.1, -0.05) is 35.5 Å². The minimum Gasteiger partial charge on any atom is -0.484 e. The fraction of sp³-hybridized carbons (Fsp3) is 0.158. The Morgan fingerprint density at radius 3 is 2.42 bits per heavy atom. The lowest BCUT2D eigenvalue weighted by atomic mass is 10.0. The van der Waals surface area contributed by atoms with E-state index in [4.69, 9.17) is 9.26 Å². The van der Waals surface area contributed by atoms with E-state index in [-0.39, 0.29) is 12.5 Å². The zero-order valence-corrected chi connectivity index (χ0v) is 13.6. The Hall–Kier alpha value is -3.08. The quantitative estimate of drug-likeness (QED) is 0.772. The molecule has 0 saturated heterocycles. The Morgan fingerprint density at radius 1 is 1.08 bits per heavy atom. The SMILES string of the molecule is Cc1noc(C)c1-c1ccc(NC(=O)COc2ccccc2)cc1. The van der Waals surface area contributed by atoms with Gasteiger partial charge in [-0.25, -0.2) is 0 Å². The molecule has 0 bridgehead atoms. The molecule has 0 radical (unpaired) electrons. The van der Waals surface area contributed by atoms with Crippen LogP contribution >= 0.6 is 0 Å². The van der Waals surface area contributed by atoms with Crippen molar-refractivity contribution >= 4 is 11.6 Å². The Labute approximate surface area is 140 Å². The van der Waals surface area contributed by atoms with Crippen LogP contribution < -0.4 is 10.1 Å². The first kappa shape index (κ1) is 15.8. The number of carbonyl (C=O) groups is 1. The molecule has 24 heavy (non-hydrogen) atoms. The van der Waals surface area contributed by atoms with Crippen LogP contribution in [0.2, 0.25) is 0 Å². The molecule has 3 rings (SSSR count). The first-order valence-electron chi connectivity index (χ1n) is 7.64. The van der Waals surface area contributed by atoms with Crippen LogP contribution in [0.25, 0.3) is 11.1 Å². The maximum Gasteiger partial charge on any atom is 0.262 e. The number of rotatable bonds is 5. The van der Waals surface area contributed by atoms with Crippen LogP contribution in [0.4, 0.5) is 5.69 Å². The lowest BCUT2D eigenvalue weighted by Crippen LogP contribution is -2.20. The second-order valence-corrected chi connectivity index (χ2v) is 5.43. The molecule has 1 heterocycles. The third-order valence-electron chi connectivity index (χ3n) is 3.60. The summed E-state index contributed by atoms with van der Waals surface area (Å²) in [6.07, 6.45) is 0. The molecule has 0 atom stereocenters. The number of hydrogen-bond donors (Lipinski definition) is 1. The number of hydrogen-bond acceptors (Lipinski definition) is 4. The zero-order valence-electron chi connectivity index (χ0n) is 13.6. The lowest BCUT2D eigenvalue weighted by Gasteiger charge is -2.08. The van der Waals surface area contributed by atoms with Crippen molar-refractivity contribution in [2.45, 2.75) is 13.8 Å². The number of nitrogens with one attached hydrogen (secondary N) is 1. The fourth-order valence-electron chi connectivity index (χ4n) is 2.48. The molecule has 0 aliphatic rings. The third-order valence-corrected chi connectivity index (χ3v) is 3.60. The Bertz CT molecular complexity index is 804. The van der Waals surface area contributed by atoms with E-state index >= 15 is 0 Å². The van der Waals surface area contributed by atoms with E-state index in [0.717, 1.165) is 22.6 Å². The van der Waals surface area contributed by atoms with Crippen molar-refractivity contribution in [3.63, 3.8) is 0 Å².